The van der Waals surface area contributed by atoms with Gasteiger partial charge in [0.15, 0.2) is 23.5 Å². The third kappa shape index (κ3) is 5.37. The first-order chi connectivity index (χ1) is 20.4. The summed E-state index contributed by atoms with van der Waals surface area (Å²) in [5.74, 6) is -0.736. The molecule has 9 nitrogen and oxygen atoms in total. The second kappa shape index (κ2) is 11.2. The smallest absolute Gasteiger partial charge is 0.337 e. The molecule has 1 fully saturated rings. The number of rotatable bonds is 6. The lowest BCUT2D eigenvalue weighted by Crippen LogP contribution is -2.29. The first-order valence-electron chi connectivity index (χ1n) is 14.9. The van der Waals surface area contributed by atoms with Crippen molar-refractivity contribution < 1.29 is 23.8 Å². The van der Waals surface area contributed by atoms with E-state index in [0.29, 0.717) is 52.3 Å². The third-order valence-corrected chi connectivity index (χ3v) is 9.11. The number of carbonyl (C=O) groups is 1. The number of ether oxygens (including phenoxy) is 2. The second-order valence-corrected chi connectivity index (χ2v) is 13.2. The summed E-state index contributed by atoms with van der Waals surface area (Å²) in [4.78, 5) is 24.9. The van der Waals surface area contributed by atoms with Gasteiger partial charge >= 0.3 is 5.97 Å². The van der Waals surface area contributed by atoms with Gasteiger partial charge in [-0.3, -0.25) is 0 Å². The number of piperidine rings is 1. The number of pyridine rings is 1. The van der Waals surface area contributed by atoms with E-state index in [1.54, 1.807) is 6.92 Å². The van der Waals surface area contributed by atoms with Crippen molar-refractivity contribution in [3.63, 3.8) is 0 Å². The maximum atomic E-state index is 15.7. The average Bonchev–Trinajstić information content (AvgIpc) is 3.58. The molecule has 6 rings (SSSR count). The van der Waals surface area contributed by atoms with Crippen molar-refractivity contribution in [3.05, 3.63) is 40.3 Å². The highest BCUT2D eigenvalue weighted by Gasteiger charge is 2.35. The molecule has 228 valence electrons. The molecule has 0 aliphatic carbocycles. The van der Waals surface area contributed by atoms with Gasteiger partial charge in [-0.15, -0.1) is 0 Å². The van der Waals surface area contributed by atoms with Gasteiger partial charge in [0.2, 0.25) is 5.13 Å². The second-order valence-electron chi connectivity index (χ2n) is 12.5. The van der Waals surface area contributed by atoms with Crippen molar-refractivity contribution in [2.24, 2.45) is 7.05 Å². The first-order valence-corrected chi connectivity index (χ1v) is 15.7. The number of halogens is 1. The fourth-order valence-corrected chi connectivity index (χ4v) is 7.05. The number of fused-ring (bicyclic) bond motifs is 2. The Balaban J connectivity index is 1.62. The monoisotopic (exact) mass is 607 g/mol. The van der Waals surface area contributed by atoms with E-state index in [9.17, 15) is 9.90 Å². The molecule has 0 amide bonds. The number of aryl methyl sites for hydroxylation is 2. The Morgan fingerprint density at radius 1 is 1.14 bits per heavy atom. The zero-order chi connectivity index (χ0) is 30.6. The van der Waals surface area contributed by atoms with Gasteiger partial charge < -0.3 is 24.0 Å². The van der Waals surface area contributed by atoms with Crippen LogP contribution in [0.15, 0.2) is 12.1 Å². The summed E-state index contributed by atoms with van der Waals surface area (Å²) in [5, 5.41) is 12.0. The number of aliphatic carboxylic acids is 1. The Labute approximate surface area is 254 Å². The Hall–Kier alpha value is -3.57. The van der Waals surface area contributed by atoms with Crippen molar-refractivity contribution >= 4 is 33.7 Å². The molecule has 0 unspecified atom stereocenters. The molecule has 0 bridgehead atoms. The Bertz CT molecular complexity index is 1720. The van der Waals surface area contributed by atoms with Crippen LogP contribution in [0.25, 0.3) is 33.7 Å². The number of hydrogen-bond acceptors (Lipinski definition) is 8. The van der Waals surface area contributed by atoms with Crippen LogP contribution in [0.2, 0.25) is 0 Å². The lowest BCUT2D eigenvalue weighted by molar-refractivity contribution is -0.160. The maximum Gasteiger partial charge on any atom is 0.337 e. The molecule has 5 heterocycles. The van der Waals surface area contributed by atoms with Crippen LogP contribution >= 0.6 is 11.5 Å². The number of hydrogen-bond donors (Lipinski definition) is 1. The maximum absolute atomic E-state index is 15.7. The molecule has 0 radical (unpaired) electrons. The quantitative estimate of drug-likeness (QED) is 0.256. The number of anilines is 1. The van der Waals surface area contributed by atoms with Crippen LogP contribution in [0, 0.1) is 19.7 Å². The molecule has 0 saturated carbocycles. The molecule has 1 aromatic carbocycles. The van der Waals surface area contributed by atoms with Gasteiger partial charge in [0.1, 0.15) is 5.65 Å². The predicted molar refractivity (Wildman–Crippen MR) is 166 cm³/mol. The minimum Gasteiger partial charge on any atom is -0.490 e. The van der Waals surface area contributed by atoms with E-state index in [-0.39, 0.29) is 5.75 Å². The Kier molecular flexibility index (Phi) is 7.66. The van der Waals surface area contributed by atoms with Gasteiger partial charge in [0, 0.05) is 59.4 Å². The van der Waals surface area contributed by atoms with Crippen LogP contribution in [0.1, 0.15) is 74.9 Å². The van der Waals surface area contributed by atoms with Crippen LogP contribution in [0.5, 0.6) is 5.75 Å². The van der Waals surface area contributed by atoms with Crippen molar-refractivity contribution in [2.45, 2.75) is 78.4 Å². The molecule has 1 N–H and O–H groups in total. The highest BCUT2D eigenvalue weighted by molar-refractivity contribution is 7.09. The third-order valence-electron chi connectivity index (χ3n) is 8.34. The summed E-state index contributed by atoms with van der Waals surface area (Å²) >= 11 is 1.38. The van der Waals surface area contributed by atoms with E-state index in [1.165, 1.54) is 24.0 Å². The minimum atomic E-state index is -1.33. The van der Waals surface area contributed by atoms with Crippen molar-refractivity contribution in [3.8, 4) is 28.4 Å². The number of carboxylic acid groups (broad SMARTS) is 1. The highest BCUT2D eigenvalue weighted by Crippen LogP contribution is 2.45. The van der Waals surface area contributed by atoms with Gasteiger partial charge in [-0.25, -0.2) is 14.2 Å². The molecular weight excluding hydrogens is 569 g/mol. The van der Waals surface area contributed by atoms with E-state index >= 15 is 4.39 Å². The van der Waals surface area contributed by atoms with Gasteiger partial charge in [-0.2, -0.15) is 9.36 Å². The van der Waals surface area contributed by atoms with Gasteiger partial charge in [0.25, 0.3) is 0 Å². The molecule has 2 aliphatic rings. The van der Waals surface area contributed by atoms with E-state index in [1.807, 2.05) is 45.4 Å². The molecular formula is C32H38FN5O4S. The topological polar surface area (TPSA) is 103 Å². The summed E-state index contributed by atoms with van der Waals surface area (Å²) < 4.78 is 34.2. The number of nitrogens with zero attached hydrogens (tertiary/aromatic N) is 5. The number of aromatic nitrogens is 4. The summed E-state index contributed by atoms with van der Waals surface area (Å²) in [7, 11) is 1.91. The number of benzene rings is 1. The molecule has 43 heavy (non-hydrogen) atoms. The zero-order valence-electron chi connectivity index (χ0n) is 25.6. The summed E-state index contributed by atoms with van der Waals surface area (Å²) in [6, 6.07) is 3.42. The van der Waals surface area contributed by atoms with Gasteiger partial charge in [0.05, 0.1) is 17.9 Å². The van der Waals surface area contributed by atoms with Crippen LogP contribution < -0.4 is 9.64 Å². The molecule has 11 heteroatoms. The lowest BCUT2D eigenvalue weighted by atomic mass is 9.86. The van der Waals surface area contributed by atoms with Crippen molar-refractivity contribution in [2.75, 3.05) is 24.6 Å². The minimum absolute atomic E-state index is 0.280. The molecule has 0 spiro atoms. The lowest BCUT2D eigenvalue weighted by Gasteiger charge is -2.29. The van der Waals surface area contributed by atoms with E-state index in [0.717, 1.165) is 54.3 Å². The van der Waals surface area contributed by atoms with Crippen LogP contribution in [0.3, 0.4) is 0 Å². The van der Waals surface area contributed by atoms with E-state index < -0.39 is 23.5 Å². The molecule has 4 aromatic rings. The van der Waals surface area contributed by atoms with E-state index in [2.05, 4.69) is 4.90 Å². The highest BCUT2D eigenvalue weighted by atomic mass is 32.1. The Morgan fingerprint density at radius 2 is 1.88 bits per heavy atom. The fraction of sp³-hybridized carbons (Fsp3) is 0.500. The van der Waals surface area contributed by atoms with Crippen molar-refractivity contribution in [1.29, 1.82) is 0 Å². The van der Waals surface area contributed by atoms with Gasteiger partial charge in [-0.1, -0.05) is 0 Å². The van der Waals surface area contributed by atoms with E-state index in [4.69, 9.17) is 23.8 Å². The average molecular weight is 608 g/mol. The summed E-state index contributed by atoms with van der Waals surface area (Å²) in [5.41, 5.74) is 4.40. The van der Waals surface area contributed by atoms with Crippen LogP contribution in [-0.2, 0) is 23.0 Å². The van der Waals surface area contributed by atoms with Crippen LogP contribution in [0.4, 0.5) is 9.52 Å². The van der Waals surface area contributed by atoms with Gasteiger partial charge in [-0.05, 0) is 90.0 Å². The normalized spacial score (nSPS) is 16.3. The van der Waals surface area contributed by atoms with Crippen LogP contribution in [-0.4, -0.2) is 55.3 Å². The summed E-state index contributed by atoms with van der Waals surface area (Å²) in [6.07, 6.45) is 3.64. The van der Waals surface area contributed by atoms with Crippen molar-refractivity contribution in [1.82, 2.24) is 18.9 Å². The first kappa shape index (κ1) is 29.5. The fourth-order valence-electron chi connectivity index (χ4n) is 6.32. The summed E-state index contributed by atoms with van der Waals surface area (Å²) in [6.45, 7) is 11.6. The Morgan fingerprint density at radius 3 is 2.58 bits per heavy atom. The number of carboxylic acids is 1. The molecule has 3 aromatic heterocycles. The molecule has 1 atom stereocenters. The molecule has 2 aliphatic heterocycles. The standard InChI is InChI=1S/C32H38FN5O4S/c1-17-19-11-10-14-41-26(19)22(33)15-20(17)25-21-16-23(28-35-31(43-36-28)38-12-8-7-9-13-38)37(6)29(21)34-18(2)24(25)27(30(39)40)42-32(3,4)5/h15-16,27H,7-14H2,1-6H3,(H,39,40)/t27-/m0/s1. The molecule has 1 saturated heterocycles. The largest absolute Gasteiger partial charge is 0.490 e. The zero-order valence-corrected chi connectivity index (χ0v) is 26.4. The SMILES string of the molecule is Cc1nc2c(cc(-c3nsc(N4CCCCC4)n3)n2C)c(-c2cc(F)c3c(c2C)CCCO3)c1[C@H](OC(C)(C)C)C(=O)O. The predicted octanol–water partition coefficient (Wildman–Crippen LogP) is 6.77.